The van der Waals surface area contributed by atoms with E-state index in [0.29, 0.717) is 25.7 Å². The Labute approximate surface area is 476 Å². The van der Waals surface area contributed by atoms with Gasteiger partial charge in [-0.2, -0.15) is 0 Å². The molecule has 456 valence electrons. The molecule has 5 N–H and O–H groups in total. The van der Waals surface area contributed by atoms with Crippen LogP contribution < -0.4 is 0 Å². The van der Waals surface area contributed by atoms with E-state index >= 15 is 0 Å². The third-order valence-electron chi connectivity index (χ3n) is 18.3. The van der Waals surface area contributed by atoms with Gasteiger partial charge in [-0.05, 0) is 25.7 Å². The summed E-state index contributed by atoms with van der Waals surface area (Å²) in [6.07, 6.45) is 66.3. The van der Waals surface area contributed by atoms with E-state index in [1.165, 1.54) is 276 Å². The summed E-state index contributed by atoms with van der Waals surface area (Å²) in [4.78, 5) is 0. The van der Waals surface area contributed by atoms with Crippen molar-refractivity contribution >= 4 is 0 Å². The minimum atomic E-state index is -2.04. The molecule has 1 unspecified atom stereocenters. The molecule has 1 saturated heterocycles. The van der Waals surface area contributed by atoms with Crippen LogP contribution in [-0.2, 0) is 4.74 Å². The van der Waals surface area contributed by atoms with E-state index in [0.717, 1.165) is 64.2 Å². The van der Waals surface area contributed by atoms with Crippen LogP contribution in [0.2, 0.25) is 0 Å². The first-order valence-corrected chi connectivity index (χ1v) is 35.4. The Hall–Kier alpha value is -0.240. The Morgan fingerprint density at radius 2 is 0.474 bits per heavy atom. The predicted molar refractivity (Wildman–Crippen MR) is 331 cm³/mol. The van der Waals surface area contributed by atoms with Gasteiger partial charge in [0.05, 0.1) is 6.10 Å². The molecule has 0 aromatic carbocycles. The maximum absolute atomic E-state index is 13.1. The van der Waals surface area contributed by atoms with Crippen LogP contribution in [0.3, 0.4) is 0 Å². The Kier molecular flexibility index (Phi) is 51.3. The lowest BCUT2D eigenvalue weighted by molar-refractivity contribution is -0.414. The highest BCUT2D eigenvalue weighted by Crippen LogP contribution is 2.50. The molecule has 1 aliphatic heterocycles. The van der Waals surface area contributed by atoms with Gasteiger partial charge in [-0.25, -0.2) is 0 Å². The average Bonchev–Trinajstić information content (AvgIpc) is 3.42. The molecule has 1 aliphatic rings. The van der Waals surface area contributed by atoms with Crippen molar-refractivity contribution in [3.8, 4) is 0 Å². The lowest BCUT2D eigenvalue weighted by Gasteiger charge is -2.59. The number of hydrogen-bond donors (Lipinski definition) is 5. The van der Waals surface area contributed by atoms with Gasteiger partial charge in [-0.3, -0.25) is 0 Å². The smallest absolute Gasteiger partial charge is 0.195 e. The van der Waals surface area contributed by atoms with Gasteiger partial charge in [-0.1, -0.05) is 381 Å². The van der Waals surface area contributed by atoms with E-state index in [-0.39, 0.29) is 19.3 Å². The molecule has 0 aromatic heterocycles. The van der Waals surface area contributed by atoms with Gasteiger partial charge >= 0.3 is 0 Å². The molecule has 6 heteroatoms. The van der Waals surface area contributed by atoms with Crippen LogP contribution in [0.25, 0.3) is 0 Å². The minimum absolute atomic E-state index is 0.185. The highest BCUT2D eigenvalue weighted by Gasteiger charge is 2.69. The molecule has 0 amide bonds. The van der Waals surface area contributed by atoms with Crippen LogP contribution in [0.4, 0.5) is 0 Å². The second-order valence-corrected chi connectivity index (χ2v) is 25.6. The van der Waals surface area contributed by atoms with E-state index in [2.05, 4.69) is 27.7 Å². The van der Waals surface area contributed by atoms with Crippen molar-refractivity contribution < 1.29 is 30.3 Å². The van der Waals surface area contributed by atoms with Gasteiger partial charge in [0, 0.05) is 6.42 Å². The normalized spacial score (nSPS) is 21.3. The summed E-state index contributed by atoms with van der Waals surface area (Å²) in [5.74, 6) is -2.04. The van der Waals surface area contributed by atoms with Crippen molar-refractivity contribution in [2.45, 2.75) is 448 Å². The SMILES string of the molecule is CCCCCCCCCCCCCCCCC(O)[C@H]1O[C@](O)(CCCCCCCCCCCCCCCC)[C@@H](O)[C@](O)(CCCCCCCCCCCCCCCC)[C@@]1(O)CCCCCCCCCCCCCCCC. The number of ether oxygens (including phenoxy) is 1. The fourth-order valence-corrected chi connectivity index (χ4v) is 13.0. The highest BCUT2D eigenvalue weighted by atomic mass is 16.7. The van der Waals surface area contributed by atoms with E-state index in [9.17, 15) is 25.5 Å². The molecule has 1 fully saturated rings. The molecule has 6 atom stereocenters. The lowest BCUT2D eigenvalue weighted by atomic mass is 9.63. The number of aliphatic hydroxyl groups is 5. The van der Waals surface area contributed by atoms with Crippen LogP contribution in [0.5, 0.6) is 0 Å². The van der Waals surface area contributed by atoms with Gasteiger partial charge in [0.15, 0.2) is 5.79 Å². The molecule has 0 saturated carbocycles. The number of rotatable bonds is 61. The van der Waals surface area contributed by atoms with E-state index in [4.69, 9.17) is 4.74 Å². The van der Waals surface area contributed by atoms with Crippen molar-refractivity contribution in [3.05, 3.63) is 0 Å². The van der Waals surface area contributed by atoms with Crippen LogP contribution in [-0.4, -0.2) is 60.8 Å². The maximum atomic E-state index is 13.1. The molecule has 0 aliphatic carbocycles. The molecule has 0 bridgehead atoms. The van der Waals surface area contributed by atoms with Gasteiger partial charge in [-0.15, -0.1) is 0 Å². The number of unbranched alkanes of at least 4 members (excludes halogenated alkanes) is 52. The van der Waals surface area contributed by atoms with E-state index < -0.39 is 35.3 Å². The fourth-order valence-electron chi connectivity index (χ4n) is 13.0. The van der Waals surface area contributed by atoms with Crippen LogP contribution in [0.1, 0.15) is 413 Å². The third kappa shape index (κ3) is 37.0. The standard InChI is InChI=1S/C70H140O6/c1-5-9-13-17-21-25-29-33-37-41-45-49-53-57-61-65(71)66-68(73,62-58-54-50-46-42-38-34-30-26-22-18-14-10-6-2)69(74,63-59-55-51-47-43-39-35-31-27-23-19-15-11-7-3)67(72)70(75,76-66)64-60-56-52-48-44-40-36-32-28-24-20-16-12-8-4/h65-67,71-75H,5-64H2,1-4H3/t65?,66-,67+,68-,69-,70-/m1/s1. The monoisotopic (exact) mass is 1080 g/mol. The Bertz CT molecular complexity index is 1130. The quantitative estimate of drug-likeness (QED) is 0.0388. The number of aliphatic hydroxyl groups excluding tert-OH is 2. The van der Waals surface area contributed by atoms with Gasteiger partial charge < -0.3 is 30.3 Å². The first-order chi connectivity index (χ1) is 37.2. The zero-order valence-corrected chi connectivity index (χ0v) is 52.3. The minimum Gasteiger partial charge on any atom is -0.390 e. The Morgan fingerprint density at radius 1 is 0.276 bits per heavy atom. The summed E-state index contributed by atoms with van der Waals surface area (Å²) in [6.45, 7) is 9.13. The number of hydrogen-bond acceptors (Lipinski definition) is 6. The third-order valence-corrected chi connectivity index (χ3v) is 18.3. The Morgan fingerprint density at radius 3 is 0.724 bits per heavy atom. The summed E-state index contributed by atoms with van der Waals surface area (Å²) in [5.41, 5.74) is -3.87. The molecule has 0 aromatic rings. The van der Waals surface area contributed by atoms with Crippen LogP contribution >= 0.6 is 0 Å². The summed E-state index contributed by atoms with van der Waals surface area (Å²) < 4.78 is 6.58. The largest absolute Gasteiger partial charge is 0.390 e. The van der Waals surface area contributed by atoms with E-state index in [1.807, 2.05) is 0 Å². The fraction of sp³-hybridized carbons (Fsp3) is 1.00. The Balaban J connectivity index is 2.98. The molecule has 6 nitrogen and oxygen atoms in total. The van der Waals surface area contributed by atoms with Crippen molar-refractivity contribution in [1.29, 1.82) is 0 Å². The van der Waals surface area contributed by atoms with Crippen molar-refractivity contribution in [2.75, 3.05) is 0 Å². The molecule has 76 heavy (non-hydrogen) atoms. The zero-order chi connectivity index (χ0) is 55.4. The average molecular weight is 1080 g/mol. The summed E-state index contributed by atoms with van der Waals surface area (Å²) in [5, 5.41) is 63.2. The van der Waals surface area contributed by atoms with E-state index in [1.54, 1.807) is 0 Å². The first-order valence-electron chi connectivity index (χ1n) is 35.4. The summed E-state index contributed by atoms with van der Waals surface area (Å²) in [7, 11) is 0. The topological polar surface area (TPSA) is 110 Å². The van der Waals surface area contributed by atoms with Crippen LogP contribution in [0.15, 0.2) is 0 Å². The zero-order valence-electron chi connectivity index (χ0n) is 52.3. The van der Waals surface area contributed by atoms with Gasteiger partial charge in [0.1, 0.15) is 23.4 Å². The van der Waals surface area contributed by atoms with Gasteiger partial charge in [0.2, 0.25) is 0 Å². The summed E-state index contributed by atoms with van der Waals surface area (Å²) in [6, 6.07) is 0. The van der Waals surface area contributed by atoms with Gasteiger partial charge in [0.25, 0.3) is 0 Å². The van der Waals surface area contributed by atoms with Crippen molar-refractivity contribution in [2.24, 2.45) is 0 Å². The second-order valence-electron chi connectivity index (χ2n) is 25.6. The van der Waals surface area contributed by atoms with Crippen LogP contribution in [0, 0.1) is 0 Å². The van der Waals surface area contributed by atoms with Crippen molar-refractivity contribution in [1.82, 2.24) is 0 Å². The summed E-state index contributed by atoms with van der Waals surface area (Å²) >= 11 is 0. The molecule has 1 heterocycles. The molecule has 0 radical (unpaired) electrons. The highest BCUT2D eigenvalue weighted by molar-refractivity contribution is 5.16. The molecular formula is C70H140O6. The second kappa shape index (κ2) is 52.8. The first kappa shape index (κ1) is 73.8. The molecular weight excluding hydrogens is 937 g/mol. The lowest BCUT2D eigenvalue weighted by Crippen LogP contribution is -2.79. The predicted octanol–water partition coefficient (Wildman–Crippen LogP) is 21.7. The molecule has 1 rings (SSSR count). The maximum Gasteiger partial charge on any atom is 0.195 e. The van der Waals surface area contributed by atoms with Crippen molar-refractivity contribution in [3.63, 3.8) is 0 Å². The molecule has 0 spiro atoms.